The molecule has 2 N–H and O–H groups in total. The van der Waals surface area contributed by atoms with Crippen molar-refractivity contribution in [2.75, 3.05) is 5.73 Å². The normalized spacial score (nSPS) is 27.4. The summed E-state index contributed by atoms with van der Waals surface area (Å²) in [5.41, 5.74) is 9.70. The number of benzene rings is 1. The molecule has 0 radical (unpaired) electrons. The van der Waals surface area contributed by atoms with E-state index in [1.807, 2.05) is 6.07 Å². The number of nitrogen functional groups attached to an aromatic ring is 1. The average molecular weight is 286 g/mol. The van der Waals surface area contributed by atoms with Gasteiger partial charge in [-0.05, 0) is 24.8 Å². The van der Waals surface area contributed by atoms with Crippen molar-refractivity contribution in [3.05, 3.63) is 53.0 Å². The fraction of sp³-hybridized carbons (Fsp3) is 0.375. The summed E-state index contributed by atoms with van der Waals surface area (Å²) in [4.78, 5) is 9.28. The highest BCUT2D eigenvalue weighted by Gasteiger charge is 2.40. The van der Waals surface area contributed by atoms with Crippen molar-refractivity contribution in [3.8, 4) is 0 Å². The largest absolute Gasteiger partial charge is 0.383 e. The Hall–Kier alpha value is -1.61. The number of hydrogen-bond donors (Lipinski definition) is 1. The minimum atomic E-state index is 0.184. The van der Waals surface area contributed by atoms with Crippen LogP contribution in [0.5, 0.6) is 0 Å². The van der Waals surface area contributed by atoms with Gasteiger partial charge in [-0.15, -0.1) is 11.6 Å². The first-order valence-corrected chi connectivity index (χ1v) is 7.53. The Bertz CT molecular complexity index is 656. The smallest absolute Gasteiger partial charge is 0.135 e. The second-order valence-corrected chi connectivity index (χ2v) is 6.25. The summed E-state index contributed by atoms with van der Waals surface area (Å²) < 4.78 is 0. The molecular weight excluding hydrogens is 270 g/mol. The van der Waals surface area contributed by atoms with E-state index < -0.39 is 0 Å². The minimum Gasteiger partial charge on any atom is -0.383 e. The van der Waals surface area contributed by atoms with Gasteiger partial charge >= 0.3 is 0 Å². The van der Waals surface area contributed by atoms with Crippen LogP contribution in [-0.4, -0.2) is 15.3 Å². The molecule has 3 unspecified atom stereocenters. The van der Waals surface area contributed by atoms with Gasteiger partial charge < -0.3 is 5.73 Å². The molecule has 2 aliphatic carbocycles. The summed E-state index contributed by atoms with van der Waals surface area (Å²) >= 11 is 6.12. The first-order chi connectivity index (χ1) is 9.74. The zero-order valence-electron chi connectivity index (χ0n) is 11.1. The highest BCUT2D eigenvalue weighted by Crippen LogP contribution is 2.46. The number of rotatable bonds is 2. The number of halogens is 1. The van der Waals surface area contributed by atoms with E-state index in [0.717, 1.165) is 36.3 Å². The molecule has 3 atom stereocenters. The van der Waals surface area contributed by atoms with Gasteiger partial charge in [0.1, 0.15) is 11.6 Å². The first-order valence-electron chi connectivity index (χ1n) is 7.09. The lowest BCUT2D eigenvalue weighted by molar-refractivity contribution is 0.763. The predicted molar refractivity (Wildman–Crippen MR) is 80.0 cm³/mol. The van der Waals surface area contributed by atoms with Gasteiger partial charge in [-0.1, -0.05) is 30.3 Å². The number of anilines is 1. The van der Waals surface area contributed by atoms with Crippen LogP contribution < -0.4 is 5.73 Å². The molecule has 1 heterocycles. The molecule has 0 aliphatic heterocycles. The maximum absolute atomic E-state index is 6.13. The molecule has 4 heteroatoms. The summed E-state index contributed by atoms with van der Waals surface area (Å²) in [6.45, 7) is 0. The molecule has 1 saturated carbocycles. The number of nitrogens with zero attached hydrogens (tertiary/aromatic N) is 2. The van der Waals surface area contributed by atoms with Gasteiger partial charge in [0.25, 0.3) is 0 Å². The molecule has 0 bridgehead atoms. The standard InChI is InChI=1S/C16H16ClN3/c17-13-8-12(13)16-19-14-10(9-4-2-1-3-5-9)6-7-11(14)15(18)20-16/h1-5,10,12-13H,6-8H2,(H2,18,19,20). The molecule has 0 amide bonds. The van der Waals surface area contributed by atoms with Gasteiger partial charge in [-0.2, -0.15) is 0 Å². The van der Waals surface area contributed by atoms with Gasteiger partial charge in [-0.3, -0.25) is 0 Å². The second kappa shape index (κ2) is 4.45. The van der Waals surface area contributed by atoms with Gasteiger partial charge in [0.2, 0.25) is 0 Å². The van der Waals surface area contributed by atoms with Crippen LogP contribution in [0.3, 0.4) is 0 Å². The summed E-state index contributed by atoms with van der Waals surface area (Å²) in [6.07, 6.45) is 3.00. The molecule has 20 heavy (non-hydrogen) atoms. The zero-order valence-corrected chi connectivity index (χ0v) is 11.8. The van der Waals surface area contributed by atoms with E-state index in [9.17, 15) is 0 Å². The van der Waals surface area contributed by atoms with Crippen molar-refractivity contribution in [3.63, 3.8) is 0 Å². The lowest BCUT2D eigenvalue weighted by atomic mass is 9.97. The highest BCUT2D eigenvalue weighted by atomic mass is 35.5. The summed E-state index contributed by atoms with van der Waals surface area (Å²) in [5, 5.41) is 0.184. The van der Waals surface area contributed by atoms with Crippen LogP contribution in [-0.2, 0) is 6.42 Å². The van der Waals surface area contributed by atoms with Crippen molar-refractivity contribution in [1.82, 2.24) is 9.97 Å². The lowest BCUT2D eigenvalue weighted by Crippen LogP contribution is -2.07. The number of fused-ring (bicyclic) bond motifs is 1. The van der Waals surface area contributed by atoms with E-state index in [-0.39, 0.29) is 5.38 Å². The van der Waals surface area contributed by atoms with Crippen LogP contribution in [0.4, 0.5) is 5.82 Å². The first kappa shape index (κ1) is 12.2. The molecule has 1 aromatic heterocycles. The Morgan fingerprint density at radius 3 is 2.60 bits per heavy atom. The van der Waals surface area contributed by atoms with Crippen molar-refractivity contribution in [2.24, 2.45) is 0 Å². The molecular formula is C16H16ClN3. The molecule has 3 nitrogen and oxygen atoms in total. The monoisotopic (exact) mass is 285 g/mol. The predicted octanol–water partition coefficient (Wildman–Crippen LogP) is 3.23. The average Bonchev–Trinajstić information content (AvgIpc) is 3.04. The fourth-order valence-corrected chi connectivity index (χ4v) is 3.42. The van der Waals surface area contributed by atoms with E-state index >= 15 is 0 Å². The Kier molecular flexibility index (Phi) is 2.71. The van der Waals surface area contributed by atoms with Crippen LogP contribution in [0.15, 0.2) is 30.3 Å². The van der Waals surface area contributed by atoms with Crippen LogP contribution in [0.1, 0.15) is 47.3 Å². The third-order valence-electron chi connectivity index (χ3n) is 4.35. The minimum absolute atomic E-state index is 0.184. The molecule has 4 rings (SSSR count). The van der Waals surface area contributed by atoms with Crippen LogP contribution in [0.25, 0.3) is 0 Å². The molecule has 0 spiro atoms. The summed E-state index contributed by atoms with van der Waals surface area (Å²) in [6, 6.07) is 10.5. The Morgan fingerprint density at radius 1 is 1.15 bits per heavy atom. The summed E-state index contributed by atoms with van der Waals surface area (Å²) in [5.74, 6) is 2.13. The van der Waals surface area contributed by atoms with Crippen molar-refractivity contribution < 1.29 is 0 Å². The number of nitrogens with two attached hydrogens (primary N) is 1. The molecule has 0 saturated heterocycles. The molecule has 102 valence electrons. The fourth-order valence-electron chi connectivity index (χ4n) is 3.11. The zero-order chi connectivity index (χ0) is 13.7. The quantitative estimate of drug-likeness (QED) is 0.862. The van der Waals surface area contributed by atoms with E-state index in [4.69, 9.17) is 22.3 Å². The van der Waals surface area contributed by atoms with Crippen molar-refractivity contribution in [1.29, 1.82) is 0 Å². The molecule has 2 aliphatic rings. The van der Waals surface area contributed by atoms with Gasteiger partial charge in [0, 0.05) is 22.8 Å². The van der Waals surface area contributed by atoms with Crippen LogP contribution in [0, 0.1) is 0 Å². The second-order valence-electron chi connectivity index (χ2n) is 5.69. The van der Waals surface area contributed by atoms with Crippen molar-refractivity contribution in [2.45, 2.75) is 36.5 Å². The van der Waals surface area contributed by atoms with E-state index in [0.29, 0.717) is 17.7 Å². The van der Waals surface area contributed by atoms with Gasteiger partial charge in [0.05, 0.1) is 5.69 Å². The van der Waals surface area contributed by atoms with E-state index in [1.54, 1.807) is 0 Å². The van der Waals surface area contributed by atoms with Gasteiger partial charge in [0.15, 0.2) is 0 Å². The number of hydrogen-bond acceptors (Lipinski definition) is 3. The maximum atomic E-state index is 6.13. The Labute approximate surface area is 123 Å². The van der Waals surface area contributed by atoms with Crippen molar-refractivity contribution >= 4 is 17.4 Å². The molecule has 1 aromatic carbocycles. The van der Waals surface area contributed by atoms with E-state index in [1.165, 1.54) is 5.56 Å². The number of aromatic nitrogens is 2. The maximum Gasteiger partial charge on any atom is 0.135 e. The molecule has 1 fully saturated rings. The van der Waals surface area contributed by atoms with Crippen LogP contribution >= 0.6 is 11.6 Å². The Balaban J connectivity index is 1.78. The number of alkyl halides is 1. The third-order valence-corrected chi connectivity index (χ3v) is 4.83. The van der Waals surface area contributed by atoms with Gasteiger partial charge in [-0.25, -0.2) is 9.97 Å². The molecule has 2 aromatic rings. The Morgan fingerprint density at radius 2 is 1.90 bits per heavy atom. The summed E-state index contributed by atoms with van der Waals surface area (Å²) in [7, 11) is 0. The van der Waals surface area contributed by atoms with E-state index in [2.05, 4.69) is 29.2 Å². The third kappa shape index (κ3) is 1.88. The SMILES string of the molecule is Nc1nc(C2CC2Cl)nc2c1CCC2c1ccccc1. The highest BCUT2D eigenvalue weighted by molar-refractivity contribution is 6.23. The lowest BCUT2D eigenvalue weighted by Gasteiger charge is -2.12. The van der Waals surface area contributed by atoms with Crippen LogP contribution in [0.2, 0.25) is 0 Å². The topological polar surface area (TPSA) is 51.8 Å².